The highest BCUT2D eigenvalue weighted by atomic mass is 19.4. The Bertz CT molecular complexity index is 933. The molecule has 2 aliphatic rings. The molecule has 12 heteroatoms. The molecule has 0 aromatic carbocycles. The summed E-state index contributed by atoms with van der Waals surface area (Å²) >= 11 is 0. The first-order valence-corrected chi connectivity index (χ1v) is 9.90. The van der Waals surface area contributed by atoms with E-state index in [0.29, 0.717) is 32.0 Å². The van der Waals surface area contributed by atoms with Crippen LogP contribution < -0.4 is 4.90 Å². The van der Waals surface area contributed by atoms with E-state index in [1.54, 1.807) is 24.7 Å². The van der Waals surface area contributed by atoms with E-state index in [2.05, 4.69) is 14.9 Å². The average molecular weight is 456 g/mol. The Morgan fingerprint density at radius 1 is 1.19 bits per heavy atom. The van der Waals surface area contributed by atoms with E-state index < -0.39 is 12.1 Å². The van der Waals surface area contributed by atoms with Crippen molar-refractivity contribution in [1.82, 2.24) is 14.9 Å². The number of alkyl halides is 3. The molecule has 2 fully saturated rings. The van der Waals surface area contributed by atoms with Crippen LogP contribution in [0.1, 0.15) is 29.2 Å². The number of amides is 1. The van der Waals surface area contributed by atoms with E-state index in [-0.39, 0.29) is 11.5 Å². The summed E-state index contributed by atoms with van der Waals surface area (Å²) in [5, 5.41) is 7.12. The van der Waals surface area contributed by atoms with Crippen molar-refractivity contribution in [2.45, 2.75) is 31.5 Å². The zero-order valence-corrected chi connectivity index (χ0v) is 17.3. The molecule has 4 heterocycles. The molecule has 2 saturated heterocycles. The summed E-state index contributed by atoms with van der Waals surface area (Å²) in [6, 6.07) is 3.56. The molecule has 1 amide bonds. The van der Waals surface area contributed by atoms with Crippen LogP contribution >= 0.6 is 0 Å². The number of ether oxygens (including phenoxy) is 1. The van der Waals surface area contributed by atoms with Crippen LogP contribution in [0.15, 0.2) is 35.1 Å². The number of aryl methyl sites for hydroxylation is 1. The number of morpholine rings is 1. The highest BCUT2D eigenvalue weighted by molar-refractivity contribution is 5.91. The number of carbonyl (C=O) groups is 2. The lowest BCUT2D eigenvalue weighted by Gasteiger charge is -2.48. The second-order valence-electron chi connectivity index (χ2n) is 7.56. The normalized spacial score (nSPS) is 21.1. The summed E-state index contributed by atoms with van der Waals surface area (Å²) in [7, 11) is 0. The predicted octanol–water partition coefficient (Wildman–Crippen LogP) is 2.52. The number of piperidine rings is 1. The average Bonchev–Trinajstić information content (AvgIpc) is 3.20. The van der Waals surface area contributed by atoms with Gasteiger partial charge in [-0.15, -0.1) is 0 Å². The van der Waals surface area contributed by atoms with Crippen LogP contribution in [0, 0.1) is 6.92 Å². The summed E-state index contributed by atoms with van der Waals surface area (Å²) in [5.74, 6) is -0.816. The fourth-order valence-corrected chi connectivity index (χ4v) is 3.72. The Hall–Kier alpha value is -3.15. The quantitative estimate of drug-likeness (QED) is 0.735. The molecular formula is C20H23F3N4O5. The molecule has 0 saturated carbocycles. The topological polar surface area (TPSA) is 109 Å². The van der Waals surface area contributed by atoms with E-state index in [1.807, 2.05) is 17.9 Å². The predicted molar refractivity (Wildman–Crippen MR) is 105 cm³/mol. The molecule has 1 N–H and O–H groups in total. The first-order chi connectivity index (χ1) is 15.1. The van der Waals surface area contributed by atoms with Gasteiger partial charge in [0.1, 0.15) is 17.2 Å². The van der Waals surface area contributed by atoms with Gasteiger partial charge in [-0.3, -0.25) is 9.78 Å². The van der Waals surface area contributed by atoms with Gasteiger partial charge >= 0.3 is 12.1 Å². The standard InChI is InChI=1S/C18H22N4O3.C2HF3O2/c1-14-3-4-15(25-14)17(23)22-9-10-24-18(13-22)5-2-8-21(12-18)16-11-19-6-7-20-16;3-2(4,5)1(6)7/h3-4,6-7,11H,2,5,8-10,12-13H2,1H3;(H,6,7). The van der Waals surface area contributed by atoms with Crippen LogP contribution in [0.4, 0.5) is 19.0 Å². The maximum absolute atomic E-state index is 12.7. The van der Waals surface area contributed by atoms with Crippen molar-refractivity contribution >= 4 is 17.7 Å². The van der Waals surface area contributed by atoms with Crippen molar-refractivity contribution in [3.8, 4) is 0 Å². The van der Waals surface area contributed by atoms with Crippen LogP contribution in [0.2, 0.25) is 0 Å². The van der Waals surface area contributed by atoms with Crippen LogP contribution in [-0.2, 0) is 9.53 Å². The summed E-state index contributed by atoms with van der Waals surface area (Å²) in [6.07, 6.45) is 2.00. The number of aromatic nitrogens is 2. The number of hydrogen-bond acceptors (Lipinski definition) is 7. The minimum atomic E-state index is -5.08. The van der Waals surface area contributed by atoms with E-state index in [1.165, 1.54) is 0 Å². The lowest BCUT2D eigenvalue weighted by atomic mass is 9.90. The number of carboxylic acid groups (broad SMARTS) is 1. The van der Waals surface area contributed by atoms with Gasteiger partial charge in [0.2, 0.25) is 0 Å². The summed E-state index contributed by atoms with van der Waals surface area (Å²) in [5.41, 5.74) is -0.356. The Morgan fingerprint density at radius 3 is 2.53 bits per heavy atom. The molecule has 32 heavy (non-hydrogen) atoms. The number of rotatable bonds is 2. The first kappa shape index (κ1) is 23.5. The van der Waals surface area contributed by atoms with Crippen molar-refractivity contribution in [3.05, 3.63) is 42.2 Å². The fourth-order valence-electron chi connectivity index (χ4n) is 3.72. The Kier molecular flexibility index (Phi) is 7.02. The third-order valence-corrected chi connectivity index (χ3v) is 5.14. The highest BCUT2D eigenvalue weighted by Crippen LogP contribution is 2.31. The van der Waals surface area contributed by atoms with E-state index >= 15 is 0 Å². The molecule has 1 atom stereocenters. The number of carboxylic acids is 1. The summed E-state index contributed by atoms with van der Waals surface area (Å²) in [4.78, 5) is 34.2. The van der Waals surface area contributed by atoms with Crippen LogP contribution in [-0.4, -0.2) is 76.4 Å². The molecule has 0 bridgehead atoms. The zero-order chi connectivity index (χ0) is 23.4. The second kappa shape index (κ2) is 9.55. The molecule has 1 spiro atoms. The lowest BCUT2D eigenvalue weighted by molar-refractivity contribution is -0.192. The Balaban J connectivity index is 0.000000360. The van der Waals surface area contributed by atoms with Gasteiger partial charge in [-0.25, -0.2) is 9.78 Å². The SMILES string of the molecule is Cc1ccc(C(=O)N2CCOC3(CCCN(c4cnccn4)C3)C2)o1.O=C(O)C(F)(F)F. The van der Waals surface area contributed by atoms with Gasteiger partial charge in [-0.05, 0) is 31.9 Å². The third-order valence-electron chi connectivity index (χ3n) is 5.14. The maximum Gasteiger partial charge on any atom is 0.490 e. The molecule has 1 unspecified atom stereocenters. The van der Waals surface area contributed by atoms with Gasteiger partial charge in [0, 0.05) is 25.5 Å². The van der Waals surface area contributed by atoms with Gasteiger partial charge in [-0.2, -0.15) is 13.2 Å². The van der Waals surface area contributed by atoms with Crippen molar-refractivity contribution < 1.29 is 37.0 Å². The van der Waals surface area contributed by atoms with Gasteiger partial charge in [0.25, 0.3) is 5.91 Å². The number of aliphatic carboxylic acids is 1. The first-order valence-electron chi connectivity index (χ1n) is 9.90. The number of furan rings is 1. The molecule has 2 aromatic rings. The summed E-state index contributed by atoms with van der Waals surface area (Å²) < 4.78 is 43.4. The molecular weight excluding hydrogens is 433 g/mol. The van der Waals surface area contributed by atoms with Gasteiger partial charge in [0.05, 0.1) is 25.9 Å². The minimum absolute atomic E-state index is 0.0626. The fraction of sp³-hybridized carbons (Fsp3) is 0.500. The van der Waals surface area contributed by atoms with Gasteiger partial charge < -0.3 is 24.1 Å². The van der Waals surface area contributed by atoms with E-state index in [9.17, 15) is 18.0 Å². The number of nitrogens with zero attached hydrogens (tertiary/aromatic N) is 4. The molecule has 9 nitrogen and oxygen atoms in total. The molecule has 4 rings (SSSR count). The molecule has 2 aromatic heterocycles. The van der Waals surface area contributed by atoms with Crippen molar-refractivity contribution in [3.63, 3.8) is 0 Å². The Labute approximate surface area is 181 Å². The van der Waals surface area contributed by atoms with Crippen molar-refractivity contribution in [2.24, 2.45) is 0 Å². The third kappa shape index (κ3) is 5.75. The van der Waals surface area contributed by atoms with Crippen molar-refractivity contribution in [2.75, 3.05) is 37.7 Å². The number of hydrogen-bond donors (Lipinski definition) is 1. The molecule has 0 radical (unpaired) electrons. The monoisotopic (exact) mass is 456 g/mol. The maximum atomic E-state index is 12.7. The lowest BCUT2D eigenvalue weighted by Crippen LogP contribution is -2.61. The number of carbonyl (C=O) groups excluding carboxylic acids is 1. The molecule has 2 aliphatic heterocycles. The molecule has 174 valence electrons. The Morgan fingerprint density at radius 2 is 1.94 bits per heavy atom. The van der Waals surface area contributed by atoms with Crippen LogP contribution in [0.5, 0.6) is 0 Å². The minimum Gasteiger partial charge on any atom is -0.475 e. The van der Waals surface area contributed by atoms with Crippen LogP contribution in [0.25, 0.3) is 0 Å². The zero-order valence-electron chi connectivity index (χ0n) is 17.3. The van der Waals surface area contributed by atoms with E-state index in [4.69, 9.17) is 19.1 Å². The van der Waals surface area contributed by atoms with Gasteiger partial charge in [0.15, 0.2) is 5.76 Å². The smallest absolute Gasteiger partial charge is 0.475 e. The largest absolute Gasteiger partial charge is 0.490 e. The van der Waals surface area contributed by atoms with Gasteiger partial charge in [-0.1, -0.05) is 0 Å². The summed E-state index contributed by atoms with van der Waals surface area (Å²) in [6.45, 7) is 5.19. The number of halogens is 3. The second-order valence-corrected chi connectivity index (χ2v) is 7.56. The molecule has 0 aliphatic carbocycles. The van der Waals surface area contributed by atoms with E-state index in [0.717, 1.165) is 31.0 Å². The van der Waals surface area contributed by atoms with Crippen LogP contribution in [0.3, 0.4) is 0 Å². The highest BCUT2D eigenvalue weighted by Gasteiger charge is 2.42. The van der Waals surface area contributed by atoms with Crippen molar-refractivity contribution in [1.29, 1.82) is 0 Å². The number of anilines is 1.